The average molecular weight is 565 g/mol. The van der Waals surface area contributed by atoms with E-state index in [1.165, 1.54) is 29.6 Å². The molecule has 0 atom stereocenters. The van der Waals surface area contributed by atoms with Gasteiger partial charge in [-0.15, -0.1) is 0 Å². The van der Waals surface area contributed by atoms with Crippen molar-refractivity contribution in [3.8, 4) is 6.07 Å². The normalized spacial score (nSPS) is 15.9. The van der Waals surface area contributed by atoms with Crippen molar-refractivity contribution >= 4 is 45.1 Å². The fourth-order valence-electron chi connectivity index (χ4n) is 4.95. The molecule has 2 aliphatic rings. The highest BCUT2D eigenvalue weighted by molar-refractivity contribution is 7.16. The minimum Gasteiger partial charge on any atom is -0.368 e. The molecule has 9 nitrogen and oxygen atoms in total. The lowest BCUT2D eigenvalue weighted by Gasteiger charge is -2.35. The maximum absolute atomic E-state index is 15.4. The van der Waals surface area contributed by atoms with Gasteiger partial charge in [0.1, 0.15) is 22.6 Å². The molecule has 208 valence electrons. The predicted octanol–water partition coefficient (Wildman–Crippen LogP) is 4.20. The zero-order valence-corrected chi connectivity index (χ0v) is 23.4. The van der Waals surface area contributed by atoms with Crippen LogP contribution in [0.2, 0.25) is 0 Å². The molecule has 3 aromatic rings. The lowest BCUT2D eigenvalue weighted by Crippen LogP contribution is -2.49. The lowest BCUT2D eigenvalue weighted by atomic mass is 10.1. The Morgan fingerprint density at radius 1 is 1.23 bits per heavy atom. The number of hydrogen-bond acceptors (Lipinski definition) is 8. The fourth-order valence-corrected chi connectivity index (χ4v) is 5.81. The van der Waals surface area contributed by atoms with E-state index in [0.29, 0.717) is 72.8 Å². The summed E-state index contributed by atoms with van der Waals surface area (Å²) >= 11 is 1.23. The molecule has 1 aliphatic heterocycles. The molecular formula is C28H30F2N8OS. The first-order chi connectivity index (χ1) is 19.3. The van der Waals surface area contributed by atoms with Crippen molar-refractivity contribution in [2.75, 3.05) is 56.6 Å². The summed E-state index contributed by atoms with van der Waals surface area (Å²) in [5, 5.41) is 13.0. The van der Waals surface area contributed by atoms with Gasteiger partial charge < -0.3 is 15.1 Å². The number of rotatable bonds is 7. The van der Waals surface area contributed by atoms with E-state index in [2.05, 4.69) is 26.2 Å². The van der Waals surface area contributed by atoms with E-state index < -0.39 is 5.82 Å². The molecule has 1 fully saturated rings. The zero-order chi connectivity index (χ0) is 28.4. The smallest absolute Gasteiger partial charge is 0.233 e. The molecule has 1 N–H and O–H groups in total. The van der Waals surface area contributed by atoms with Gasteiger partial charge in [0.05, 0.1) is 23.6 Å². The summed E-state index contributed by atoms with van der Waals surface area (Å²) in [5.74, 6) is -0.145. The number of nitriles is 1. The van der Waals surface area contributed by atoms with Crippen LogP contribution in [0, 0.1) is 17.1 Å². The van der Waals surface area contributed by atoms with Gasteiger partial charge in [-0.05, 0) is 30.6 Å². The number of carbonyl (C=O) groups is 1. The monoisotopic (exact) mass is 564 g/mol. The van der Waals surface area contributed by atoms with Crippen LogP contribution >= 0.6 is 11.3 Å². The number of fused-ring (bicyclic) bond motifs is 1. The number of aryl methyl sites for hydroxylation is 1. The second-order valence-corrected chi connectivity index (χ2v) is 10.6. The molecule has 0 bridgehead atoms. The van der Waals surface area contributed by atoms with Crippen LogP contribution in [-0.2, 0) is 11.2 Å². The molecule has 1 saturated heterocycles. The summed E-state index contributed by atoms with van der Waals surface area (Å²) < 4.78 is 30.9. The van der Waals surface area contributed by atoms with Gasteiger partial charge in [-0.1, -0.05) is 30.4 Å². The van der Waals surface area contributed by atoms with E-state index >= 15 is 4.39 Å². The van der Waals surface area contributed by atoms with Gasteiger partial charge in [-0.25, -0.2) is 18.7 Å². The molecule has 3 aromatic heterocycles. The maximum atomic E-state index is 15.4. The number of pyridine rings is 1. The number of thiazole rings is 1. The van der Waals surface area contributed by atoms with Crippen LogP contribution in [-0.4, -0.2) is 72.0 Å². The number of amides is 1. The minimum absolute atomic E-state index is 0.0283. The van der Waals surface area contributed by atoms with Gasteiger partial charge in [0.2, 0.25) is 5.91 Å². The predicted molar refractivity (Wildman–Crippen MR) is 153 cm³/mol. The number of carbonyl (C=O) groups excluding carboxylic acids is 1. The fraction of sp³-hybridized carbons (Fsp3) is 0.357. The van der Waals surface area contributed by atoms with Crippen LogP contribution in [0.15, 0.2) is 42.4 Å². The van der Waals surface area contributed by atoms with Crippen LogP contribution in [0.3, 0.4) is 0 Å². The second-order valence-electron chi connectivity index (χ2n) is 9.61. The summed E-state index contributed by atoms with van der Waals surface area (Å²) in [7, 11) is 3.45. The Morgan fingerprint density at radius 2 is 2.00 bits per heavy atom. The molecule has 0 saturated carbocycles. The largest absolute Gasteiger partial charge is 0.368 e. The quantitative estimate of drug-likeness (QED) is 0.460. The summed E-state index contributed by atoms with van der Waals surface area (Å²) in [6.45, 7) is 4.98. The van der Waals surface area contributed by atoms with Crippen LogP contribution in [0.25, 0.3) is 11.2 Å². The number of nitrogens with zero attached hydrogens (tertiary/aromatic N) is 7. The van der Waals surface area contributed by atoms with Gasteiger partial charge in [-0.2, -0.15) is 5.26 Å². The third-order valence-corrected chi connectivity index (χ3v) is 8.14. The van der Waals surface area contributed by atoms with Crippen molar-refractivity contribution in [1.82, 2.24) is 24.6 Å². The molecule has 12 heteroatoms. The Kier molecular flexibility index (Phi) is 7.95. The van der Waals surface area contributed by atoms with Crippen molar-refractivity contribution in [1.29, 1.82) is 5.26 Å². The standard InChI is InChI=1S/C28H30F2N8OS/c1-4-22-27(35(3)28-34-25(23(15-31)40-28)18-6-5-7-19(29)9-8-18)38-16-20(14-21(30)26(38)33-22)37-12-10-36(11-13-37)17-24(39)32-2/h5,7-9,14,16H,4,6,10-13,17H2,1-3H3,(H,32,39). The van der Waals surface area contributed by atoms with Gasteiger partial charge in [0, 0.05) is 52.5 Å². The molecular weight excluding hydrogens is 534 g/mol. The van der Waals surface area contributed by atoms with Crippen molar-refractivity contribution in [3.63, 3.8) is 0 Å². The Bertz CT molecular complexity index is 1570. The number of halogens is 2. The maximum Gasteiger partial charge on any atom is 0.233 e. The highest BCUT2D eigenvalue weighted by Crippen LogP contribution is 2.37. The van der Waals surface area contributed by atoms with Crippen molar-refractivity contribution in [2.45, 2.75) is 19.8 Å². The van der Waals surface area contributed by atoms with E-state index in [1.54, 1.807) is 23.6 Å². The Labute approximate surface area is 235 Å². The zero-order valence-electron chi connectivity index (χ0n) is 22.6. The van der Waals surface area contributed by atoms with E-state index in [4.69, 9.17) is 4.98 Å². The minimum atomic E-state index is -0.429. The molecule has 0 unspecified atom stereocenters. The SMILES string of the molecule is CCc1nc2c(F)cc(N3CCN(CC(=O)NC)CC3)cn2c1N(C)c1nc(C2=CC=C(F)C=CC2)c(C#N)s1. The summed E-state index contributed by atoms with van der Waals surface area (Å²) in [5.41, 5.74) is 2.90. The summed E-state index contributed by atoms with van der Waals surface area (Å²) in [6, 6.07) is 3.73. The second kappa shape index (κ2) is 11.6. The molecule has 1 aliphatic carbocycles. The first-order valence-electron chi connectivity index (χ1n) is 13.1. The third-order valence-electron chi connectivity index (χ3n) is 7.11. The third kappa shape index (κ3) is 5.35. The number of allylic oxidation sites excluding steroid dienone is 6. The molecule has 5 rings (SSSR count). The number of likely N-dealkylation sites (N-methyl/N-ethyl adjacent to an activating group) is 1. The summed E-state index contributed by atoms with van der Waals surface area (Å²) in [4.78, 5) is 27.6. The van der Waals surface area contributed by atoms with Crippen LogP contribution in [0.5, 0.6) is 0 Å². The number of hydrogen-bond donors (Lipinski definition) is 1. The van der Waals surface area contributed by atoms with Gasteiger partial charge >= 0.3 is 0 Å². The average Bonchev–Trinajstić information content (AvgIpc) is 3.50. The number of aromatic nitrogens is 3. The van der Waals surface area contributed by atoms with Crippen molar-refractivity contribution < 1.29 is 13.6 Å². The molecule has 0 radical (unpaired) electrons. The van der Waals surface area contributed by atoms with Gasteiger partial charge in [0.15, 0.2) is 16.6 Å². The number of nitrogens with one attached hydrogen (secondary N) is 1. The first kappa shape index (κ1) is 27.5. The van der Waals surface area contributed by atoms with E-state index in [0.717, 1.165) is 11.3 Å². The van der Waals surface area contributed by atoms with Crippen LogP contribution in [0.4, 0.5) is 25.4 Å². The van der Waals surface area contributed by atoms with Crippen LogP contribution < -0.4 is 15.1 Å². The summed E-state index contributed by atoms with van der Waals surface area (Å²) in [6.07, 6.45) is 9.02. The van der Waals surface area contributed by atoms with E-state index in [1.807, 2.05) is 25.1 Å². The van der Waals surface area contributed by atoms with E-state index in [-0.39, 0.29) is 17.4 Å². The van der Waals surface area contributed by atoms with Crippen molar-refractivity contribution in [2.24, 2.45) is 0 Å². The Morgan fingerprint density at radius 3 is 2.70 bits per heavy atom. The Hall–Kier alpha value is -4.08. The Balaban J connectivity index is 1.49. The highest BCUT2D eigenvalue weighted by atomic mass is 32.1. The number of anilines is 3. The topological polar surface area (TPSA) is 92.8 Å². The first-order valence-corrected chi connectivity index (χ1v) is 13.9. The molecule has 0 aromatic carbocycles. The highest BCUT2D eigenvalue weighted by Gasteiger charge is 2.25. The van der Waals surface area contributed by atoms with Gasteiger partial charge in [0.25, 0.3) is 0 Å². The molecule has 0 spiro atoms. The molecule has 4 heterocycles. The van der Waals surface area contributed by atoms with Crippen LogP contribution in [0.1, 0.15) is 29.6 Å². The number of piperazine rings is 1. The number of imidazole rings is 1. The van der Waals surface area contributed by atoms with Crippen molar-refractivity contribution in [3.05, 3.63) is 64.5 Å². The molecule has 40 heavy (non-hydrogen) atoms. The van der Waals surface area contributed by atoms with E-state index in [9.17, 15) is 14.4 Å². The lowest BCUT2D eigenvalue weighted by molar-refractivity contribution is -0.121. The molecule has 1 amide bonds. The van der Waals surface area contributed by atoms with Gasteiger partial charge in [-0.3, -0.25) is 14.1 Å².